The predicted octanol–water partition coefficient (Wildman–Crippen LogP) is 3.87. The lowest BCUT2D eigenvalue weighted by atomic mass is 10.1. The number of halogens is 1. The van der Waals surface area contributed by atoms with Gasteiger partial charge in [-0.2, -0.15) is 0 Å². The van der Waals surface area contributed by atoms with Gasteiger partial charge in [0, 0.05) is 17.4 Å². The largest absolute Gasteiger partial charge is 0.351 e. The minimum atomic E-state index is -0.304. The van der Waals surface area contributed by atoms with Crippen molar-refractivity contribution < 1.29 is 9.18 Å². The van der Waals surface area contributed by atoms with Gasteiger partial charge in [-0.15, -0.1) is 0 Å². The Balaban J connectivity index is 1.50. The number of carbonyl (C=O) groups is 1. The summed E-state index contributed by atoms with van der Waals surface area (Å²) in [6.07, 6.45) is 2.40. The van der Waals surface area contributed by atoms with E-state index in [1.54, 1.807) is 12.1 Å². The number of nitrogens with zero attached hydrogens (tertiary/aromatic N) is 1. The fourth-order valence-electron chi connectivity index (χ4n) is 3.70. The third-order valence-corrected chi connectivity index (χ3v) is 5.05. The summed E-state index contributed by atoms with van der Waals surface area (Å²) in [6.45, 7) is 2.66. The molecule has 0 spiro atoms. The van der Waals surface area contributed by atoms with Crippen LogP contribution in [-0.4, -0.2) is 35.4 Å². The average Bonchev–Trinajstić information content (AvgIpc) is 3.32. The van der Waals surface area contributed by atoms with E-state index in [-0.39, 0.29) is 17.8 Å². The molecule has 5 heteroatoms. The minimum absolute atomic E-state index is 0.165. The van der Waals surface area contributed by atoms with Gasteiger partial charge in [0.05, 0.1) is 6.04 Å². The number of H-pyrrole nitrogens is 1. The van der Waals surface area contributed by atoms with Crippen LogP contribution in [0.1, 0.15) is 34.9 Å². The van der Waals surface area contributed by atoms with Crippen LogP contribution in [0, 0.1) is 5.82 Å². The van der Waals surface area contributed by atoms with E-state index in [1.807, 2.05) is 18.2 Å². The SMILES string of the molecule is O=C(NC[C@@H](c1ccccc1)N1CCCC1)c1cc2cc(F)ccc2[nH]1. The maximum absolute atomic E-state index is 13.3. The van der Waals surface area contributed by atoms with Crippen LogP contribution in [0.4, 0.5) is 4.39 Å². The molecule has 2 heterocycles. The van der Waals surface area contributed by atoms with Crippen LogP contribution in [0.15, 0.2) is 54.6 Å². The van der Waals surface area contributed by atoms with E-state index in [0.717, 1.165) is 18.6 Å². The van der Waals surface area contributed by atoms with Crippen LogP contribution in [0.5, 0.6) is 0 Å². The molecule has 4 nitrogen and oxygen atoms in total. The molecule has 1 aromatic heterocycles. The summed E-state index contributed by atoms with van der Waals surface area (Å²) < 4.78 is 13.3. The standard InChI is InChI=1S/C21H22FN3O/c22-17-8-9-18-16(12-17)13-19(24-18)21(26)23-14-20(25-10-4-5-11-25)15-6-2-1-3-7-15/h1-3,6-9,12-13,20,24H,4-5,10-11,14H2,(H,23,26)/t20-/m0/s1. The smallest absolute Gasteiger partial charge is 0.267 e. The third-order valence-electron chi connectivity index (χ3n) is 5.05. The first-order valence-electron chi connectivity index (χ1n) is 9.06. The molecule has 1 atom stereocenters. The summed E-state index contributed by atoms with van der Waals surface area (Å²) in [5.41, 5.74) is 2.43. The highest BCUT2D eigenvalue weighted by Gasteiger charge is 2.24. The normalized spacial score (nSPS) is 16.0. The fourth-order valence-corrected chi connectivity index (χ4v) is 3.70. The first-order chi connectivity index (χ1) is 12.7. The maximum atomic E-state index is 13.3. The molecule has 1 aliphatic heterocycles. The van der Waals surface area contributed by atoms with Gasteiger partial charge in [-0.05, 0) is 55.8 Å². The second-order valence-corrected chi connectivity index (χ2v) is 6.79. The van der Waals surface area contributed by atoms with Crippen LogP contribution in [0.2, 0.25) is 0 Å². The molecule has 1 fully saturated rings. The van der Waals surface area contributed by atoms with Crippen molar-refractivity contribution in [2.75, 3.05) is 19.6 Å². The molecule has 0 bridgehead atoms. The molecular weight excluding hydrogens is 329 g/mol. The van der Waals surface area contributed by atoms with Crippen LogP contribution in [0.25, 0.3) is 10.9 Å². The lowest BCUT2D eigenvalue weighted by Crippen LogP contribution is -2.36. The van der Waals surface area contributed by atoms with E-state index in [2.05, 4.69) is 27.3 Å². The van der Waals surface area contributed by atoms with Gasteiger partial charge in [0.2, 0.25) is 0 Å². The summed E-state index contributed by atoms with van der Waals surface area (Å²) in [6, 6.07) is 16.6. The predicted molar refractivity (Wildman–Crippen MR) is 101 cm³/mol. The number of likely N-dealkylation sites (tertiary alicyclic amines) is 1. The molecule has 2 aromatic carbocycles. The minimum Gasteiger partial charge on any atom is -0.351 e. The number of aromatic nitrogens is 1. The molecule has 3 aromatic rings. The Hall–Kier alpha value is -2.66. The maximum Gasteiger partial charge on any atom is 0.267 e. The first-order valence-corrected chi connectivity index (χ1v) is 9.06. The van der Waals surface area contributed by atoms with Gasteiger partial charge >= 0.3 is 0 Å². The Labute approximate surface area is 152 Å². The van der Waals surface area contributed by atoms with Crippen molar-refractivity contribution in [2.45, 2.75) is 18.9 Å². The van der Waals surface area contributed by atoms with Gasteiger partial charge in [-0.25, -0.2) is 4.39 Å². The van der Waals surface area contributed by atoms with Crippen molar-refractivity contribution in [3.8, 4) is 0 Å². The lowest BCUT2D eigenvalue weighted by molar-refractivity contribution is 0.0933. The second kappa shape index (κ2) is 7.30. The molecule has 4 rings (SSSR count). The highest BCUT2D eigenvalue weighted by molar-refractivity contribution is 5.98. The summed E-state index contributed by atoms with van der Waals surface area (Å²) in [4.78, 5) is 18.1. The van der Waals surface area contributed by atoms with Crippen LogP contribution >= 0.6 is 0 Å². The highest BCUT2D eigenvalue weighted by Crippen LogP contribution is 2.24. The van der Waals surface area contributed by atoms with Crippen LogP contribution < -0.4 is 5.32 Å². The van der Waals surface area contributed by atoms with Gasteiger partial charge in [0.25, 0.3) is 5.91 Å². The third kappa shape index (κ3) is 3.48. The van der Waals surface area contributed by atoms with E-state index < -0.39 is 0 Å². The lowest BCUT2D eigenvalue weighted by Gasteiger charge is -2.28. The zero-order valence-electron chi connectivity index (χ0n) is 14.5. The zero-order valence-corrected chi connectivity index (χ0v) is 14.5. The van der Waals surface area contributed by atoms with Crippen molar-refractivity contribution in [1.82, 2.24) is 15.2 Å². The molecule has 1 aliphatic rings. The van der Waals surface area contributed by atoms with Crippen molar-refractivity contribution >= 4 is 16.8 Å². The number of carbonyl (C=O) groups excluding carboxylic acids is 1. The van der Waals surface area contributed by atoms with Crippen molar-refractivity contribution in [3.63, 3.8) is 0 Å². The Morgan fingerprint density at radius 2 is 1.88 bits per heavy atom. The molecule has 0 radical (unpaired) electrons. The van der Waals surface area contributed by atoms with Crippen molar-refractivity contribution in [1.29, 1.82) is 0 Å². The van der Waals surface area contributed by atoms with Gasteiger partial charge in [0.1, 0.15) is 11.5 Å². The van der Waals surface area contributed by atoms with Crippen molar-refractivity contribution in [3.05, 3.63) is 71.7 Å². The number of hydrogen-bond acceptors (Lipinski definition) is 2. The molecule has 1 amide bonds. The van der Waals surface area contributed by atoms with Gasteiger partial charge in [-0.1, -0.05) is 30.3 Å². The highest BCUT2D eigenvalue weighted by atomic mass is 19.1. The van der Waals surface area contributed by atoms with Gasteiger partial charge in [0.15, 0.2) is 0 Å². The van der Waals surface area contributed by atoms with E-state index in [0.29, 0.717) is 17.6 Å². The van der Waals surface area contributed by atoms with E-state index in [9.17, 15) is 9.18 Å². The number of rotatable bonds is 5. The Kier molecular flexibility index (Phi) is 4.71. The monoisotopic (exact) mass is 351 g/mol. The quantitative estimate of drug-likeness (QED) is 0.733. The molecule has 1 saturated heterocycles. The van der Waals surface area contributed by atoms with Crippen molar-refractivity contribution in [2.24, 2.45) is 0 Å². The molecular formula is C21H22FN3O. The summed E-state index contributed by atoms with van der Waals surface area (Å²) in [5, 5.41) is 3.75. The molecule has 0 unspecified atom stereocenters. The van der Waals surface area contributed by atoms with Gasteiger partial charge < -0.3 is 10.3 Å². The number of aromatic amines is 1. The van der Waals surface area contributed by atoms with Crippen LogP contribution in [0.3, 0.4) is 0 Å². The van der Waals surface area contributed by atoms with E-state index in [1.165, 1.54) is 30.5 Å². The first kappa shape index (κ1) is 16.8. The Morgan fingerprint density at radius 3 is 2.65 bits per heavy atom. The summed E-state index contributed by atoms with van der Waals surface area (Å²) in [7, 11) is 0. The fraction of sp³-hybridized carbons (Fsp3) is 0.286. The number of hydrogen-bond donors (Lipinski definition) is 2. The van der Waals surface area contributed by atoms with Crippen LogP contribution in [-0.2, 0) is 0 Å². The van der Waals surface area contributed by atoms with E-state index >= 15 is 0 Å². The number of nitrogens with one attached hydrogen (secondary N) is 2. The zero-order chi connectivity index (χ0) is 17.9. The average molecular weight is 351 g/mol. The molecule has 2 N–H and O–H groups in total. The van der Waals surface area contributed by atoms with E-state index in [4.69, 9.17) is 0 Å². The molecule has 134 valence electrons. The summed E-state index contributed by atoms with van der Waals surface area (Å²) in [5.74, 6) is -0.469. The number of fused-ring (bicyclic) bond motifs is 1. The number of benzene rings is 2. The summed E-state index contributed by atoms with van der Waals surface area (Å²) >= 11 is 0. The van der Waals surface area contributed by atoms with Gasteiger partial charge in [-0.3, -0.25) is 9.69 Å². The number of amides is 1. The Bertz CT molecular complexity index is 900. The topological polar surface area (TPSA) is 48.1 Å². The molecule has 26 heavy (non-hydrogen) atoms. The second-order valence-electron chi connectivity index (χ2n) is 6.79. The molecule has 0 aliphatic carbocycles. The Morgan fingerprint density at radius 1 is 1.12 bits per heavy atom. The molecule has 0 saturated carbocycles.